The van der Waals surface area contributed by atoms with Crippen molar-refractivity contribution in [2.24, 2.45) is 7.05 Å². The van der Waals surface area contributed by atoms with E-state index in [0.717, 1.165) is 12.0 Å². The zero-order chi connectivity index (χ0) is 23.3. The Kier molecular flexibility index (Phi) is 5.13. The highest BCUT2D eigenvalue weighted by molar-refractivity contribution is 6.00. The maximum atomic E-state index is 15.1. The Labute approximate surface area is 189 Å². The van der Waals surface area contributed by atoms with Gasteiger partial charge in [-0.2, -0.15) is 5.10 Å². The van der Waals surface area contributed by atoms with E-state index < -0.39 is 5.82 Å². The van der Waals surface area contributed by atoms with Crippen LogP contribution in [0, 0.1) is 12.7 Å². The number of aromatic nitrogens is 2. The molecule has 3 aromatic rings. The summed E-state index contributed by atoms with van der Waals surface area (Å²) in [5.74, 6) is -1.06. The molecule has 33 heavy (non-hydrogen) atoms. The predicted octanol–water partition coefficient (Wildman–Crippen LogP) is 2.24. The fourth-order valence-corrected chi connectivity index (χ4v) is 4.51. The van der Waals surface area contributed by atoms with E-state index in [1.165, 1.54) is 11.0 Å². The molecule has 0 atom stereocenters. The smallest absolute Gasteiger partial charge is 0.265 e. The van der Waals surface area contributed by atoms with Crippen molar-refractivity contribution < 1.29 is 23.8 Å². The largest absolute Gasteiger partial charge is 0.478 e. The molecular weight excluding hydrogens is 427 g/mol. The van der Waals surface area contributed by atoms with Crippen molar-refractivity contribution in [3.05, 3.63) is 64.2 Å². The minimum absolute atomic E-state index is 0.00106. The third-order valence-electron chi connectivity index (χ3n) is 6.27. The van der Waals surface area contributed by atoms with Crippen molar-refractivity contribution in [2.75, 3.05) is 18.1 Å². The maximum Gasteiger partial charge on any atom is 0.265 e. The van der Waals surface area contributed by atoms with Crippen molar-refractivity contribution >= 4 is 17.5 Å². The normalized spacial score (nSPS) is 15.1. The van der Waals surface area contributed by atoms with E-state index in [4.69, 9.17) is 4.74 Å². The van der Waals surface area contributed by atoms with E-state index in [2.05, 4.69) is 10.4 Å². The lowest BCUT2D eigenvalue weighted by Crippen LogP contribution is -2.39. The Morgan fingerprint density at radius 1 is 1.21 bits per heavy atom. The molecule has 3 heterocycles. The molecule has 0 unspecified atom stereocenters. The number of ether oxygens (including phenoxy) is 1. The summed E-state index contributed by atoms with van der Waals surface area (Å²) in [4.78, 5) is 26.5. The highest BCUT2D eigenvalue weighted by atomic mass is 19.1. The molecule has 0 saturated heterocycles. The zero-order valence-electron chi connectivity index (χ0n) is 18.3. The van der Waals surface area contributed by atoms with Gasteiger partial charge in [-0.25, -0.2) is 4.39 Å². The van der Waals surface area contributed by atoms with Crippen molar-refractivity contribution in [1.29, 1.82) is 0 Å². The van der Waals surface area contributed by atoms with Crippen molar-refractivity contribution in [3.63, 3.8) is 0 Å². The second kappa shape index (κ2) is 8.00. The molecule has 2 aromatic carbocycles. The van der Waals surface area contributed by atoms with Gasteiger partial charge in [0.2, 0.25) is 0 Å². The van der Waals surface area contributed by atoms with Gasteiger partial charge >= 0.3 is 0 Å². The number of carbonyl (C=O) groups excluding carboxylic acids is 2. The SMILES string of the molecule is Cc1nn(C)c(CO)c1CN1C(=O)COc2c(F)cc(-c3ccc4c(c3)C(=O)NCC4)cc21. The summed E-state index contributed by atoms with van der Waals surface area (Å²) in [6.07, 6.45) is 0.744. The number of carbonyl (C=O) groups is 2. The second-order valence-electron chi connectivity index (χ2n) is 8.25. The molecular formula is C24H23FN4O4. The molecule has 2 aliphatic heterocycles. The molecule has 1 aromatic heterocycles. The lowest BCUT2D eigenvalue weighted by atomic mass is 9.94. The quantitative estimate of drug-likeness (QED) is 0.636. The van der Waals surface area contributed by atoms with E-state index in [-0.39, 0.29) is 37.3 Å². The second-order valence-corrected chi connectivity index (χ2v) is 8.25. The molecule has 0 saturated carbocycles. The molecule has 2 amide bonds. The minimum atomic E-state index is -0.590. The number of aliphatic hydroxyl groups is 1. The molecule has 0 aliphatic carbocycles. The summed E-state index contributed by atoms with van der Waals surface area (Å²) >= 11 is 0. The monoisotopic (exact) mass is 450 g/mol. The minimum Gasteiger partial charge on any atom is -0.478 e. The highest BCUT2D eigenvalue weighted by Gasteiger charge is 2.31. The van der Waals surface area contributed by atoms with Crippen LogP contribution in [0.3, 0.4) is 0 Å². The lowest BCUT2D eigenvalue weighted by molar-refractivity contribution is -0.121. The average Bonchev–Trinajstić information content (AvgIpc) is 3.07. The van der Waals surface area contributed by atoms with Gasteiger partial charge in [0.05, 0.1) is 30.2 Å². The first-order chi connectivity index (χ1) is 15.9. The first-order valence-electron chi connectivity index (χ1n) is 10.7. The molecule has 0 bridgehead atoms. The number of halogens is 1. The van der Waals surface area contributed by atoms with Gasteiger partial charge in [-0.3, -0.25) is 14.3 Å². The Morgan fingerprint density at radius 3 is 2.82 bits per heavy atom. The third kappa shape index (κ3) is 3.54. The highest BCUT2D eigenvalue weighted by Crippen LogP contribution is 2.40. The molecule has 8 nitrogen and oxygen atoms in total. The van der Waals surface area contributed by atoms with E-state index in [1.54, 1.807) is 30.8 Å². The van der Waals surface area contributed by atoms with Gasteiger partial charge in [-0.15, -0.1) is 0 Å². The molecule has 0 radical (unpaired) electrons. The lowest BCUT2D eigenvalue weighted by Gasteiger charge is -2.30. The third-order valence-corrected chi connectivity index (χ3v) is 6.27. The summed E-state index contributed by atoms with van der Waals surface area (Å²) in [5.41, 5.74) is 4.99. The van der Waals surface area contributed by atoms with Crippen molar-refractivity contribution in [1.82, 2.24) is 15.1 Å². The van der Waals surface area contributed by atoms with Gasteiger partial charge in [0.25, 0.3) is 11.8 Å². The summed E-state index contributed by atoms with van der Waals surface area (Å²) in [5, 5.41) is 16.9. The van der Waals surface area contributed by atoms with Gasteiger partial charge in [0.15, 0.2) is 18.2 Å². The predicted molar refractivity (Wildman–Crippen MR) is 118 cm³/mol. The van der Waals surface area contributed by atoms with Crippen LogP contribution in [0.2, 0.25) is 0 Å². The molecule has 9 heteroatoms. The number of anilines is 1. The maximum absolute atomic E-state index is 15.1. The number of aryl methyl sites for hydroxylation is 2. The van der Waals surface area contributed by atoms with E-state index in [0.29, 0.717) is 45.9 Å². The van der Waals surface area contributed by atoms with Crippen LogP contribution in [0.5, 0.6) is 5.75 Å². The zero-order valence-corrected chi connectivity index (χ0v) is 18.3. The number of aliphatic hydroxyl groups excluding tert-OH is 1. The number of rotatable bonds is 4. The number of fused-ring (bicyclic) bond motifs is 2. The molecule has 0 fully saturated rings. The summed E-state index contributed by atoms with van der Waals surface area (Å²) < 4.78 is 22.1. The molecule has 2 aliphatic rings. The van der Waals surface area contributed by atoms with Crippen LogP contribution in [0.4, 0.5) is 10.1 Å². The van der Waals surface area contributed by atoms with Crippen LogP contribution >= 0.6 is 0 Å². The summed E-state index contributed by atoms with van der Waals surface area (Å²) in [6.45, 7) is 2.01. The van der Waals surface area contributed by atoms with E-state index in [9.17, 15) is 14.7 Å². The van der Waals surface area contributed by atoms with Gasteiger partial charge in [0.1, 0.15) is 0 Å². The molecule has 0 spiro atoms. The van der Waals surface area contributed by atoms with Gasteiger partial charge < -0.3 is 20.1 Å². The molecule has 5 rings (SSSR count). The van der Waals surface area contributed by atoms with Crippen LogP contribution in [0.25, 0.3) is 11.1 Å². The first kappa shape index (κ1) is 21.1. The summed E-state index contributed by atoms with van der Waals surface area (Å²) in [6, 6.07) is 8.53. The first-order valence-corrected chi connectivity index (χ1v) is 10.7. The number of nitrogens with zero attached hydrogens (tertiary/aromatic N) is 3. The fraction of sp³-hybridized carbons (Fsp3) is 0.292. The van der Waals surface area contributed by atoms with Crippen LogP contribution in [0.15, 0.2) is 30.3 Å². The Hall–Kier alpha value is -3.72. The van der Waals surface area contributed by atoms with Crippen LogP contribution in [-0.2, 0) is 31.4 Å². The van der Waals surface area contributed by atoms with Gasteiger partial charge in [0, 0.05) is 24.7 Å². The van der Waals surface area contributed by atoms with Crippen LogP contribution in [0.1, 0.15) is 32.9 Å². The fourth-order valence-electron chi connectivity index (χ4n) is 4.51. The van der Waals surface area contributed by atoms with Gasteiger partial charge in [-0.1, -0.05) is 12.1 Å². The Bertz CT molecular complexity index is 1300. The standard InChI is InChI=1S/C24H23FN4O4/c1-13-18(21(11-30)28(2)27-13)10-29-20-9-16(8-19(25)23(20)33-12-22(29)31)15-4-3-14-5-6-26-24(32)17(14)7-15/h3-4,7-9,30H,5-6,10-12H2,1-2H3,(H,26,32). The molecule has 170 valence electrons. The van der Waals surface area contributed by atoms with E-state index in [1.807, 2.05) is 12.1 Å². The van der Waals surface area contributed by atoms with Crippen molar-refractivity contribution in [2.45, 2.75) is 26.5 Å². The Balaban J connectivity index is 1.59. The number of hydrogen-bond acceptors (Lipinski definition) is 5. The number of benzene rings is 2. The van der Waals surface area contributed by atoms with Gasteiger partial charge in [-0.05, 0) is 48.2 Å². The van der Waals surface area contributed by atoms with Crippen molar-refractivity contribution in [3.8, 4) is 16.9 Å². The average molecular weight is 450 g/mol. The summed E-state index contributed by atoms with van der Waals surface area (Å²) in [7, 11) is 1.72. The Morgan fingerprint density at radius 2 is 2.03 bits per heavy atom. The number of hydrogen-bond donors (Lipinski definition) is 2. The molecule has 2 N–H and O–H groups in total. The number of nitrogens with one attached hydrogen (secondary N) is 1. The van der Waals surface area contributed by atoms with Crippen LogP contribution in [-0.4, -0.2) is 39.9 Å². The number of amides is 2. The van der Waals surface area contributed by atoms with Crippen LogP contribution < -0.4 is 15.0 Å². The van der Waals surface area contributed by atoms with E-state index >= 15 is 4.39 Å². The topological polar surface area (TPSA) is 96.7 Å².